The van der Waals surface area contributed by atoms with E-state index in [1.165, 1.54) is 12.0 Å². The maximum absolute atomic E-state index is 14.0. The summed E-state index contributed by atoms with van der Waals surface area (Å²) in [5.41, 5.74) is 2.88. The Kier molecular flexibility index (Phi) is 10.3. The van der Waals surface area contributed by atoms with Crippen LogP contribution in [0.4, 0.5) is 0 Å². The molecule has 1 aromatic heterocycles. The molecule has 1 aliphatic rings. The van der Waals surface area contributed by atoms with Gasteiger partial charge in [-0.3, -0.25) is 9.59 Å². The average Bonchev–Trinajstić information content (AvgIpc) is 3.41. The minimum atomic E-state index is -0.123. The summed E-state index contributed by atoms with van der Waals surface area (Å²) in [6.45, 7) is 5.43. The first-order chi connectivity index (χ1) is 18.9. The number of benzene rings is 2. The maximum Gasteiger partial charge on any atom is 0.254 e. The van der Waals surface area contributed by atoms with Gasteiger partial charge in [0.05, 0.1) is 13.7 Å². The Bertz CT molecular complexity index is 1220. The third-order valence-corrected chi connectivity index (χ3v) is 8.41. The maximum atomic E-state index is 14.0. The van der Waals surface area contributed by atoms with Gasteiger partial charge in [-0.2, -0.15) is 0 Å². The molecule has 1 unspecified atom stereocenters. The number of carbonyl (C=O) groups is 2. The van der Waals surface area contributed by atoms with Gasteiger partial charge >= 0.3 is 0 Å². The van der Waals surface area contributed by atoms with Crippen molar-refractivity contribution in [3.8, 4) is 5.75 Å². The third-order valence-electron chi connectivity index (χ3n) is 7.88. The standard InChI is InChI=1S/C32H40BrN3O3/c1-4-24(2)35(32(38)26-14-18-30(39-3)19-15-26)23-31(37)36(28-9-6-5-7-10-28)22-29-11-8-20-34(29)21-25-12-16-27(33)17-13-25/h8,11-20,24,28H,4-7,9-10,21-23H2,1-3H3. The molecule has 1 heterocycles. The van der Waals surface area contributed by atoms with Crippen LogP contribution in [0.1, 0.15) is 74.0 Å². The van der Waals surface area contributed by atoms with Gasteiger partial charge in [0.2, 0.25) is 5.91 Å². The molecule has 0 N–H and O–H groups in total. The first-order valence-electron chi connectivity index (χ1n) is 14.0. The fourth-order valence-electron chi connectivity index (χ4n) is 5.31. The van der Waals surface area contributed by atoms with Gasteiger partial charge in [-0.15, -0.1) is 0 Å². The summed E-state index contributed by atoms with van der Waals surface area (Å²) in [5.74, 6) is 0.593. The monoisotopic (exact) mass is 593 g/mol. The van der Waals surface area contributed by atoms with Crippen LogP contribution < -0.4 is 4.74 Å². The van der Waals surface area contributed by atoms with Crippen molar-refractivity contribution in [1.29, 1.82) is 0 Å². The van der Waals surface area contributed by atoms with Crippen molar-refractivity contribution in [1.82, 2.24) is 14.4 Å². The molecular weight excluding hydrogens is 554 g/mol. The van der Waals surface area contributed by atoms with Crippen molar-refractivity contribution in [2.24, 2.45) is 0 Å². The summed E-state index contributed by atoms with van der Waals surface area (Å²) < 4.78 is 8.54. The fraction of sp³-hybridized carbons (Fsp3) is 0.438. The number of aromatic nitrogens is 1. The minimum absolute atomic E-state index is 0.0143. The highest BCUT2D eigenvalue weighted by molar-refractivity contribution is 9.10. The van der Waals surface area contributed by atoms with E-state index in [-0.39, 0.29) is 30.4 Å². The van der Waals surface area contributed by atoms with Crippen molar-refractivity contribution in [3.05, 3.63) is 88.2 Å². The van der Waals surface area contributed by atoms with Crippen molar-refractivity contribution < 1.29 is 14.3 Å². The molecule has 0 aliphatic heterocycles. The van der Waals surface area contributed by atoms with Crippen LogP contribution in [-0.4, -0.2) is 51.9 Å². The van der Waals surface area contributed by atoms with Crippen LogP contribution in [0.15, 0.2) is 71.3 Å². The lowest BCUT2D eigenvalue weighted by atomic mass is 9.94. The number of rotatable bonds is 11. The minimum Gasteiger partial charge on any atom is -0.497 e. The molecule has 0 radical (unpaired) electrons. The first kappa shape index (κ1) is 28.9. The zero-order valence-corrected chi connectivity index (χ0v) is 24.9. The molecule has 0 saturated heterocycles. The number of amides is 2. The summed E-state index contributed by atoms with van der Waals surface area (Å²) in [6.07, 6.45) is 8.36. The van der Waals surface area contributed by atoms with Crippen molar-refractivity contribution in [3.63, 3.8) is 0 Å². The molecule has 3 aromatic rings. The molecule has 1 fully saturated rings. The Morgan fingerprint density at radius 3 is 2.36 bits per heavy atom. The lowest BCUT2D eigenvalue weighted by Gasteiger charge is -2.37. The van der Waals surface area contributed by atoms with E-state index < -0.39 is 0 Å². The predicted molar refractivity (Wildman–Crippen MR) is 159 cm³/mol. The van der Waals surface area contributed by atoms with Crippen molar-refractivity contribution >= 4 is 27.7 Å². The van der Waals surface area contributed by atoms with Gasteiger partial charge in [-0.1, -0.05) is 54.2 Å². The molecule has 208 valence electrons. The van der Waals surface area contributed by atoms with E-state index in [0.29, 0.717) is 17.9 Å². The highest BCUT2D eigenvalue weighted by Gasteiger charge is 2.30. The SMILES string of the molecule is CCC(C)N(CC(=O)N(Cc1cccn1Cc1ccc(Br)cc1)C1CCCCC1)C(=O)c1ccc(OC)cc1. The van der Waals surface area contributed by atoms with Crippen LogP contribution in [0.5, 0.6) is 5.75 Å². The largest absolute Gasteiger partial charge is 0.497 e. The molecule has 7 heteroatoms. The number of hydrogen-bond acceptors (Lipinski definition) is 3. The second-order valence-corrected chi connectivity index (χ2v) is 11.4. The Morgan fingerprint density at radius 1 is 1.03 bits per heavy atom. The summed E-state index contributed by atoms with van der Waals surface area (Å²) >= 11 is 3.51. The van der Waals surface area contributed by atoms with Gasteiger partial charge in [0.15, 0.2) is 0 Å². The second-order valence-electron chi connectivity index (χ2n) is 10.5. The quantitative estimate of drug-likeness (QED) is 0.243. The molecule has 0 bridgehead atoms. The van der Waals surface area contributed by atoms with Gasteiger partial charge in [0.25, 0.3) is 5.91 Å². The van der Waals surface area contributed by atoms with E-state index in [2.05, 4.69) is 70.0 Å². The lowest BCUT2D eigenvalue weighted by Crippen LogP contribution is -2.49. The fourth-order valence-corrected chi connectivity index (χ4v) is 5.57. The molecule has 1 aliphatic carbocycles. The number of halogens is 1. The normalized spacial score (nSPS) is 14.6. The molecule has 39 heavy (non-hydrogen) atoms. The van der Waals surface area contributed by atoms with E-state index in [4.69, 9.17) is 4.74 Å². The predicted octanol–water partition coefficient (Wildman–Crippen LogP) is 6.91. The summed E-state index contributed by atoms with van der Waals surface area (Å²) in [7, 11) is 1.61. The summed E-state index contributed by atoms with van der Waals surface area (Å²) in [4.78, 5) is 31.4. The smallest absolute Gasteiger partial charge is 0.254 e. The average molecular weight is 595 g/mol. The Balaban J connectivity index is 1.55. The summed E-state index contributed by atoms with van der Waals surface area (Å²) in [6, 6.07) is 19.8. The van der Waals surface area contributed by atoms with Crippen LogP contribution >= 0.6 is 15.9 Å². The number of ether oxygens (including phenoxy) is 1. The van der Waals surface area contributed by atoms with Crippen LogP contribution in [0, 0.1) is 0 Å². The van der Waals surface area contributed by atoms with Gasteiger partial charge in [-0.05, 0) is 80.3 Å². The molecule has 2 aromatic carbocycles. The van der Waals surface area contributed by atoms with Gasteiger partial charge < -0.3 is 19.1 Å². The Labute approximate surface area is 241 Å². The topological polar surface area (TPSA) is 54.8 Å². The number of methoxy groups -OCH3 is 1. The van der Waals surface area contributed by atoms with Crippen LogP contribution in [0.2, 0.25) is 0 Å². The molecule has 0 spiro atoms. The second kappa shape index (κ2) is 13.8. The highest BCUT2D eigenvalue weighted by Crippen LogP contribution is 2.26. The van der Waals surface area contributed by atoms with Gasteiger partial charge in [0.1, 0.15) is 12.3 Å². The number of carbonyl (C=O) groups excluding carboxylic acids is 2. The molecular formula is C32H40BrN3O3. The van der Waals surface area contributed by atoms with Gasteiger partial charge in [0, 0.05) is 40.6 Å². The highest BCUT2D eigenvalue weighted by atomic mass is 79.9. The summed E-state index contributed by atoms with van der Waals surface area (Å²) in [5, 5.41) is 0. The zero-order valence-electron chi connectivity index (χ0n) is 23.3. The van der Waals surface area contributed by atoms with Crippen LogP contribution in [-0.2, 0) is 17.9 Å². The number of hydrogen-bond donors (Lipinski definition) is 0. The van der Waals surface area contributed by atoms with E-state index in [1.807, 2.05) is 11.8 Å². The zero-order chi connectivity index (χ0) is 27.8. The van der Waals surface area contributed by atoms with Crippen LogP contribution in [0.25, 0.3) is 0 Å². The van der Waals surface area contributed by atoms with E-state index in [0.717, 1.165) is 48.8 Å². The van der Waals surface area contributed by atoms with Crippen molar-refractivity contribution in [2.45, 2.75) is 77.5 Å². The number of nitrogens with zero attached hydrogens (tertiary/aromatic N) is 3. The van der Waals surface area contributed by atoms with Crippen molar-refractivity contribution in [2.75, 3.05) is 13.7 Å². The molecule has 6 nitrogen and oxygen atoms in total. The molecule has 4 rings (SSSR count). The lowest BCUT2D eigenvalue weighted by molar-refractivity contribution is -0.136. The first-order valence-corrected chi connectivity index (χ1v) is 14.8. The third kappa shape index (κ3) is 7.53. The van der Waals surface area contributed by atoms with E-state index in [9.17, 15) is 9.59 Å². The van der Waals surface area contributed by atoms with Crippen LogP contribution in [0.3, 0.4) is 0 Å². The molecule has 1 saturated carbocycles. The Hall–Kier alpha value is -3.06. The van der Waals surface area contributed by atoms with Gasteiger partial charge in [-0.25, -0.2) is 0 Å². The molecule has 1 atom stereocenters. The van der Waals surface area contributed by atoms with E-state index in [1.54, 1.807) is 36.3 Å². The Morgan fingerprint density at radius 2 is 1.72 bits per heavy atom. The molecule has 2 amide bonds. The van der Waals surface area contributed by atoms with E-state index >= 15 is 0 Å².